The third-order valence-electron chi connectivity index (χ3n) is 4.50. The van der Waals surface area contributed by atoms with Crippen molar-refractivity contribution in [3.8, 4) is 0 Å². The number of aromatic nitrogens is 2. The lowest BCUT2D eigenvalue weighted by molar-refractivity contribution is -0.130. The Balaban J connectivity index is 1.46. The quantitative estimate of drug-likeness (QED) is 0.837. The molecule has 3 rings (SSSR count). The van der Waals surface area contributed by atoms with E-state index in [0.29, 0.717) is 11.9 Å². The molecule has 0 N–H and O–H groups in total. The van der Waals surface area contributed by atoms with Gasteiger partial charge in [-0.2, -0.15) is 5.10 Å². The van der Waals surface area contributed by atoms with Crippen molar-refractivity contribution in [1.29, 1.82) is 0 Å². The van der Waals surface area contributed by atoms with Gasteiger partial charge in [-0.3, -0.25) is 14.4 Å². The second-order valence-corrected chi connectivity index (χ2v) is 5.92. The molecule has 2 fully saturated rings. The molecule has 5 heteroatoms. The van der Waals surface area contributed by atoms with Crippen LogP contribution in [0.1, 0.15) is 38.1 Å². The molecule has 0 aromatic carbocycles. The Labute approximate surface area is 120 Å². The molecule has 3 heterocycles. The van der Waals surface area contributed by atoms with Crippen molar-refractivity contribution in [3.63, 3.8) is 0 Å². The molecule has 1 atom stereocenters. The minimum atomic E-state index is 0.352. The van der Waals surface area contributed by atoms with Crippen LogP contribution in [0.25, 0.3) is 0 Å². The van der Waals surface area contributed by atoms with Gasteiger partial charge < -0.3 is 4.90 Å². The summed E-state index contributed by atoms with van der Waals surface area (Å²) in [4.78, 5) is 16.5. The van der Waals surface area contributed by atoms with Gasteiger partial charge in [-0.25, -0.2) is 0 Å². The minimum Gasteiger partial charge on any atom is -0.341 e. The molecule has 2 aliphatic rings. The van der Waals surface area contributed by atoms with Crippen LogP contribution in [0.15, 0.2) is 18.5 Å². The van der Waals surface area contributed by atoms with E-state index < -0.39 is 0 Å². The number of likely N-dealkylation sites (tertiary alicyclic amines) is 2. The lowest BCUT2D eigenvalue weighted by Crippen LogP contribution is -2.37. The van der Waals surface area contributed by atoms with Gasteiger partial charge in [0, 0.05) is 51.5 Å². The number of carbonyl (C=O) groups is 1. The maximum absolute atomic E-state index is 12.0. The van der Waals surface area contributed by atoms with Crippen LogP contribution in [0, 0.1) is 0 Å². The van der Waals surface area contributed by atoms with Crippen molar-refractivity contribution in [2.24, 2.45) is 0 Å². The summed E-state index contributed by atoms with van der Waals surface area (Å²) in [5.41, 5.74) is 0. The van der Waals surface area contributed by atoms with Crippen molar-refractivity contribution >= 4 is 5.91 Å². The molecule has 20 heavy (non-hydrogen) atoms. The maximum Gasteiger partial charge on any atom is 0.222 e. The number of rotatable bonds is 4. The molecule has 0 aliphatic carbocycles. The Kier molecular flexibility index (Phi) is 4.35. The lowest BCUT2D eigenvalue weighted by atomic mass is 10.2. The van der Waals surface area contributed by atoms with Crippen LogP contribution in [0.2, 0.25) is 0 Å². The van der Waals surface area contributed by atoms with Gasteiger partial charge in [-0.15, -0.1) is 0 Å². The summed E-state index contributed by atoms with van der Waals surface area (Å²) in [7, 11) is 0. The summed E-state index contributed by atoms with van der Waals surface area (Å²) in [6.07, 6.45) is 9.24. The minimum absolute atomic E-state index is 0.352. The first kappa shape index (κ1) is 13.6. The Hall–Kier alpha value is -1.36. The molecule has 110 valence electrons. The van der Waals surface area contributed by atoms with E-state index in [1.807, 2.05) is 18.5 Å². The molecule has 0 spiro atoms. The number of nitrogens with zero attached hydrogens (tertiary/aromatic N) is 4. The zero-order valence-corrected chi connectivity index (χ0v) is 12.1. The first-order valence-electron chi connectivity index (χ1n) is 7.82. The van der Waals surface area contributed by atoms with Crippen LogP contribution in [0.5, 0.6) is 0 Å². The average Bonchev–Trinajstić information content (AvgIpc) is 3.08. The summed E-state index contributed by atoms with van der Waals surface area (Å²) in [6.45, 7) is 5.03. The van der Waals surface area contributed by atoms with E-state index in [9.17, 15) is 4.79 Å². The molecular formula is C15H24N4O. The summed E-state index contributed by atoms with van der Waals surface area (Å²) in [5.74, 6) is 0.352. The average molecular weight is 276 g/mol. The van der Waals surface area contributed by atoms with Crippen LogP contribution in [-0.2, 0) is 4.79 Å². The molecule has 0 radical (unpaired) electrons. The van der Waals surface area contributed by atoms with E-state index in [1.165, 1.54) is 12.8 Å². The van der Waals surface area contributed by atoms with Crippen LogP contribution >= 0.6 is 0 Å². The maximum atomic E-state index is 12.0. The predicted octanol–water partition coefficient (Wildman–Crippen LogP) is 1.53. The highest BCUT2D eigenvalue weighted by molar-refractivity contribution is 5.76. The Morgan fingerprint density at radius 3 is 3.00 bits per heavy atom. The third kappa shape index (κ3) is 3.20. The number of hydrogen-bond donors (Lipinski definition) is 0. The molecule has 1 aromatic rings. The highest BCUT2D eigenvalue weighted by Crippen LogP contribution is 2.20. The van der Waals surface area contributed by atoms with E-state index in [2.05, 4.69) is 19.6 Å². The van der Waals surface area contributed by atoms with E-state index in [0.717, 1.165) is 52.0 Å². The molecule has 0 saturated carbocycles. The van der Waals surface area contributed by atoms with Gasteiger partial charge >= 0.3 is 0 Å². The van der Waals surface area contributed by atoms with E-state index in [1.54, 1.807) is 0 Å². The van der Waals surface area contributed by atoms with Gasteiger partial charge in [0.1, 0.15) is 0 Å². The highest BCUT2D eigenvalue weighted by atomic mass is 16.2. The van der Waals surface area contributed by atoms with Gasteiger partial charge in [0.2, 0.25) is 5.91 Å². The SMILES string of the molecule is O=C1CCCCCN1CCN1CCC(n2cccn2)C1. The van der Waals surface area contributed by atoms with Crippen molar-refractivity contribution in [2.45, 2.75) is 38.1 Å². The second kappa shape index (κ2) is 6.39. The van der Waals surface area contributed by atoms with Gasteiger partial charge in [-0.05, 0) is 25.3 Å². The molecule has 2 aliphatic heterocycles. The summed E-state index contributed by atoms with van der Waals surface area (Å²) in [5, 5.41) is 4.33. The van der Waals surface area contributed by atoms with E-state index >= 15 is 0 Å². The normalized spacial score (nSPS) is 25.1. The molecule has 2 saturated heterocycles. The monoisotopic (exact) mass is 276 g/mol. The Morgan fingerprint density at radius 1 is 1.20 bits per heavy atom. The Morgan fingerprint density at radius 2 is 2.15 bits per heavy atom. The number of amides is 1. The molecule has 1 aromatic heterocycles. The van der Waals surface area contributed by atoms with Crippen molar-refractivity contribution < 1.29 is 4.79 Å². The van der Waals surface area contributed by atoms with Crippen molar-refractivity contribution in [1.82, 2.24) is 19.6 Å². The zero-order chi connectivity index (χ0) is 13.8. The molecule has 0 bridgehead atoms. The fourth-order valence-electron chi connectivity index (χ4n) is 3.26. The van der Waals surface area contributed by atoms with Crippen molar-refractivity contribution in [3.05, 3.63) is 18.5 Å². The summed E-state index contributed by atoms with van der Waals surface area (Å²) >= 11 is 0. The smallest absolute Gasteiger partial charge is 0.222 e. The standard InChI is InChI=1S/C15H24N4O/c20-15-5-2-1-3-8-18(15)12-11-17-10-6-14(13-17)19-9-4-7-16-19/h4,7,9,14H,1-3,5-6,8,10-13H2. The topological polar surface area (TPSA) is 41.4 Å². The zero-order valence-electron chi connectivity index (χ0n) is 12.1. The van der Waals surface area contributed by atoms with Crippen molar-refractivity contribution in [2.75, 3.05) is 32.7 Å². The first-order valence-corrected chi connectivity index (χ1v) is 7.82. The van der Waals surface area contributed by atoms with Crippen LogP contribution in [0.4, 0.5) is 0 Å². The van der Waals surface area contributed by atoms with Gasteiger partial charge in [0.05, 0.1) is 6.04 Å². The molecular weight excluding hydrogens is 252 g/mol. The molecule has 1 amide bonds. The summed E-state index contributed by atoms with van der Waals surface area (Å²) in [6, 6.07) is 2.49. The van der Waals surface area contributed by atoms with Crippen LogP contribution in [-0.4, -0.2) is 58.2 Å². The fraction of sp³-hybridized carbons (Fsp3) is 0.733. The highest BCUT2D eigenvalue weighted by Gasteiger charge is 2.25. The second-order valence-electron chi connectivity index (χ2n) is 5.92. The molecule has 1 unspecified atom stereocenters. The number of carbonyl (C=O) groups excluding carboxylic acids is 1. The van der Waals surface area contributed by atoms with Crippen LogP contribution < -0.4 is 0 Å². The fourth-order valence-corrected chi connectivity index (χ4v) is 3.26. The summed E-state index contributed by atoms with van der Waals surface area (Å²) < 4.78 is 2.07. The van der Waals surface area contributed by atoms with Gasteiger partial charge in [0.25, 0.3) is 0 Å². The third-order valence-corrected chi connectivity index (χ3v) is 4.50. The van der Waals surface area contributed by atoms with E-state index in [4.69, 9.17) is 0 Å². The molecule has 5 nitrogen and oxygen atoms in total. The largest absolute Gasteiger partial charge is 0.341 e. The first-order chi connectivity index (χ1) is 9.83. The van der Waals surface area contributed by atoms with Gasteiger partial charge in [0.15, 0.2) is 0 Å². The van der Waals surface area contributed by atoms with Gasteiger partial charge in [-0.1, -0.05) is 6.42 Å². The number of hydrogen-bond acceptors (Lipinski definition) is 3. The lowest BCUT2D eigenvalue weighted by Gasteiger charge is -2.24. The Bertz CT molecular complexity index is 431. The van der Waals surface area contributed by atoms with E-state index in [-0.39, 0.29) is 0 Å². The van der Waals surface area contributed by atoms with Crippen LogP contribution in [0.3, 0.4) is 0 Å². The predicted molar refractivity (Wildman–Crippen MR) is 77.4 cm³/mol.